The van der Waals surface area contributed by atoms with Gasteiger partial charge in [0.15, 0.2) is 0 Å². The van der Waals surface area contributed by atoms with Gasteiger partial charge < -0.3 is 25.5 Å². The van der Waals surface area contributed by atoms with Crippen LogP contribution in [0.1, 0.15) is 13.8 Å². The molecule has 0 saturated heterocycles. The van der Waals surface area contributed by atoms with Crippen LogP contribution in [0.25, 0.3) is 27.5 Å². The number of hydrogen-bond acceptors (Lipinski definition) is 6. The molecule has 0 fully saturated rings. The molecule has 0 aliphatic carbocycles. The lowest BCUT2D eigenvalue weighted by molar-refractivity contribution is 0.395. The van der Waals surface area contributed by atoms with Gasteiger partial charge in [-0.3, -0.25) is 0 Å². The maximum Gasteiger partial charge on any atom is 0.220 e. The summed E-state index contributed by atoms with van der Waals surface area (Å²) in [6, 6.07) is 3.44. The second-order valence-electron chi connectivity index (χ2n) is 6.43. The lowest BCUT2D eigenvalue weighted by atomic mass is 10.1. The van der Waals surface area contributed by atoms with Crippen LogP contribution in [0.2, 0.25) is 10.0 Å². The second kappa shape index (κ2) is 10.3. The van der Waals surface area contributed by atoms with Crippen molar-refractivity contribution in [2.75, 3.05) is 38.0 Å². The van der Waals surface area contributed by atoms with Gasteiger partial charge in [0.2, 0.25) is 5.95 Å². The van der Waals surface area contributed by atoms with Crippen molar-refractivity contribution in [1.29, 1.82) is 0 Å². The van der Waals surface area contributed by atoms with E-state index in [2.05, 4.69) is 29.2 Å². The summed E-state index contributed by atoms with van der Waals surface area (Å²) in [5, 5.41) is 8.33. The van der Waals surface area contributed by atoms with Crippen LogP contribution in [0.4, 0.5) is 11.8 Å². The quantitative estimate of drug-likeness (QED) is 0.414. The molecule has 0 spiro atoms. The van der Waals surface area contributed by atoms with Gasteiger partial charge in [-0.2, -0.15) is 10.5 Å². The van der Waals surface area contributed by atoms with Crippen LogP contribution < -0.4 is 15.2 Å². The lowest BCUT2D eigenvalue weighted by Gasteiger charge is -2.22. The Morgan fingerprint density at radius 1 is 1.13 bits per heavy atom. The van der Waals surface area contributed by atoms with Gasteiger partial charge in [0.05, 0.1) is 29.8 Å². The number of aromatic nitrogens is 3. The van der Waals surface area contributed by atoms with Gasteiger partial charge in [-0.25, -0.2) is 9.97 Å². The number of fused-ring (bicyclic) bond motifs is 1. The number of anilines is 1. The summed E-state index contributed by atoms with van der Waals surface area (Å²) in [7, 11) is 3.27. The summed E-state index contributed by atoms with van der Waals surface area (Å²) in [5.74, 6) is 3.51. The van der Waals surface area contributed by atoms with Crippen LogP contribution in [0, 0.1) is 0 Å². The van der Waals surface area contributed by atoms with Crippen molar-refractivity contribution in [2.24, 2.45) is 0 Å². The summed E-state index contributed by atoms with van der Waals surface area (Å²) < 4.78 is 10.8. The first kappa shape index (κ1) is 23.4. The Hall–Kier alpha value is -2.29. The number of ether oxygens (including phenoxy) is 2. The van der Waals surface area contributed by atoms with Crippen molar-refractivity contribution in [1.82, 2.24) is 15.0 Å². The molecular formula is C21H24Cl2N5O2S-. The molecule has 0 saturated carbocycles. The monoisotopic (exact) mass is 480 g/mol. The number of hydrogen-bond donors (Lipinski definition) is 1. The summed E-state index contributed by atoms with van der Waals surface area (Å²) in [6.45, 7) is 4.86. The van der Waals surface area contributed by atoms with E-state index < -0.39 is 0 Å². The molecule has 0 aliphatic rings. The highest BCUT2D eigenvalue weighted by Crippen LogP contribution is 2.46. The van der Waals surface area contributed by atoms with Crippen LogP contribution in [-0.4, -0.2) is 52.6 Å². The topological polar surface area (TPSA) is 97.2 Å². The second-order valence-corrected chi connectivity index (χ2v) is 9.72. The molecule has 2 aromatic heterocycles. The van der Waals surface area contributed by atoms with Gasteiger partial charge in [0, 0.05) is 23.2 Å². The molecule has 166 valence electrons. The highest BCUT2D eigenvalue weighted by molar-refractivity contribution is 8.14. The molecule has 10 heteroatoms. The first-order chi connectivity index (χ1) is 14.9. The summed E-state index contributed by atoms with van der Waals surface area (Å²) >= 11 is 13.2. The van der Waals surface area contributed by atoms with Crippen LogP contribution >= 0.6 is 33.7 Å². The molecule has 1 atom stereocenters. The number of methoxy groups -OCH3 is 2. The zero-order valence-corrected chi connectivity index (χ0v) is 20.1. The standard InChI is InChI=1S/C21H24Cl2N5O2S/c1-5-31(6-2)8-7-25-20-19-12(11-26-21(24)28-19)9-13(27-20)16-17(22)14(29-3)10-15(30-4)18(16)23/h5,9-11H,6-8H2,1-4H3,(H2-,24,25,26,27,28)/q-1. The normalized spacial score (nSPS) is 12.2. The van der Waals surface area contributed by atoms with Crippen molar-refractivity contribution >= 4 is 61.7 Å². The van der Waals surface area contributed by atoms with Crippen molar-refractivity contribution < 1.29 is 9.47 Å². The average molecular weight is 481 g/mol. The summed E-state index contributed by atoms with van der Waals surface area (Å²) in [4.78, 5) is 13.2. The predicted octanol–water partition coefficient (Wildman–Crippen LogP) is 5.71. The Labute approximate surface area is 194 Å². The number of benzene rings is 1. The molecule has 1 aromatic carbocycles. The SMILES string of the molecule is C/C=S(/CC)CC[N-]c1nc(-c2c(Cl)c(OC)cc(OC)c2Cl)cc2cnc(N)nc12. The molecule has 2 N–H and O–H groups in total. The molecule has 0 aliphatic heterocycles. The minimum atomic E-state index is 0.160. The molecule has 3 rings (SSSR count). The Bertz CT molecular complexity index is 1110. The zero-order chi connectivity index (χ0) is 22.5. The van der Waals surface area contributed by atoms with Gasteiger partial charge >= 0.3 is 0 Å². The smallest absolute Gasteiger partial charge is 0.220 e. The molecule has 2 heterocycles. The molecule has 3 aromatic rings. The summed E-state index contributed by atoms with van der Waals surface area (Å²) in [5.41, 5.74) is 7.40. The number of rotatable bonds is 8. The summed E-state index contributed by atoms with van der Waals surface area (Å²) in [6.07, 6.45) is 1.64. The number of nitrogen functional groups attached to an aromatic ring is 1. The number of halogens is 2. The van der Waals surface area contributed by atoms with Crippen molar-refractivity contribution in [3.63, 3.8) is 0 Å². The largest absolute Gasteiger partial charge is 0.495 e. The van der Waals surface area contributed by atoms with E-state index in [1.807, 2.05) is 0 Å². The highest BCUT2D eigenvalue weighted by atomic mass is 35.5. The Balaban J connectivity index is 2.16. The van der Waals surface area contributed by atoms with Gasteiger partial charge in [-0.15, -0.1) is 0 Å². The molecule has 0 radical (unpaired) electrons. The van der Waals surface area contributed by atoms with Crippen LogP contribution in [0.5, 0.6) is 11.5 Å². The van der Waals surface area contributed by atoms with Crippen molar-refractivity contribution in [3.8, 4) is 22.8 Å². The third kappa shape index (κ3) is 4.97. The minimum absolute atomic E-state index is 0.160. The maximum atomic E-state index is 6.60. The average Bonchev–Trinajstić information content (AvgIpc) is 2.77. The van der Waals surface area contributed by atoms with E-state index in [-0.39, 0.29) is 16.4 Å². The Kier molecular flexibility index (Phi) is 7.80. The molecular weight excluding hydrogens is 457 g/mol. The Morgan fingerprint density at radius 3 is 2.39 bits per heavy atom. The highest BCUT2D eigenvalue weighted by Gasteiger charge is 2.18. The van der Waals surface area contributed by atoms with Crippen LogP contribution in [0.15, 0.2) is 18.3 Å². The zero-order valence-electron chi connectivity index (χ0n) is 17.8. The molecule has 1 unspecified atom stereocenters. The molecule has 31 heavy (non-hydrogen) atoms. The van der Waals surface area contributed by atoms with Gasteiger partial charge in [0.25, 0.3) is 0 Å². The third-order valence-corrected chi connectivity index (χ3v) is 7.58. The van der Waals surface area contributed by atoms with Crippen LogP contribution in [-0.2, 0) is 0 Å². The van der Waals surface area contributed by atoms with Gasteiger partial charge in [0.1, 0.15) is 11.5 Å². The van der Waals surface area contributed by atoms with E-state index in [1.165, 1.54) is 14.2 Å². The molecule has 0 bridgehead atoms. The van der Waals surface area contributed by atoms with E-state index in [0.717, 1.165) is 16.9 Å². The van der Waals surface area contributed by atoms with Crippen molar-refractivity contribution in [2.45, 2.75) is 13.8 Å². The van der Waals surface area contributed by atoms with E-state index in [0.29, 0.717) is 50.7 Å². The Morgan fingerprint density at radius 2 is 1.81 bits per heavy atom. The predicted molar refractivity (Wildman–Crippen MR) is 133 cm³/mol. The van der Waals surface area contributed by atoms with E-state index in [1.54, 1.807) is 18.3 Å². The van der Waals surface area contributed by atoms with Gasteiger partial charge in [-0.1, -0.05) is 35.5 Å². The number of nitrogens with zero attached hydrogens (tertiary/aromatic N) is 4. The van der Waals surface area contributed by atoms with Crippen molar-refractivity contribution in [3.05, 3.63) is 33.7 Å². The van der Waals surface area contributed by atoms with Crippen LogP contribution in [0.3, 0.4) is 0 Å². The number of pyridine rings is 1. The van der Waals surface area contributed by atoms with E-state index in [4.69, 9.17) is 48.7 Å². The fraction of sp³-hybridized carbons (Fsp3) is 0.333. The van der Waals surface area contributed by atoms with E-state index in [9.17, 15) is 0 Å². The first-order valence-corrected chi connectivity index (χ1v) is 12.0. The van der Waals surface area contributed by atoms with Gasteiger partial charge in [-0.05, 0) is 42.6 Å². The number of nitrogens with two attached hydrogens (primary N) is 1. The fourth-order valence-electron chi connectivity index (χ4n) is 3.08. The molecule has 7 nitrogen and oxygen atoms in total. The maximum absolute atomic E-state index is 6.60. The lowest BCUT2D eigenvalue weighted by Crippen LogP contribution is -1.99. The first-order valence-electron chi connectivity index (χ1n) is 9.60. The molecule has 0 amide bonds. The fourth-order valence-corrected chi connectivity index (χ4v) is 4.96. The third-order valence-electron chi connectivity index (χ3n) is 4.72. The van der Waals surface area contributed by atoms with E-state index >= 15 is 0 Å². The minimum Gasteiger partial charge on any atom is -0.495 e.